The van der Waals surface area contributed by atoms with E-state index in [4.69, 9.17) is 4.74 Å². The van der Waals surface area contributed by atoms with Crippen molar-refractivity contribution in [3.8, 4) is 33.8 Å². The number of rotatable bonds is 3. The molecule has 2 aliphatic carbocycles. The summed E-state index contributed by atoms with van der Waals surface area (Å²) in [4.78, 5) is 2.46. The molecule has 0 aromatic heterocycles. The van der Waals surface area contributed by atoms with Gasteiger partial charge in [0.2, 0.25) is 0 Å². The summed E-state index contributed by atoms with van der Waals surface area (Å²) in [5.41, 5.74) is 15.7. The van der Waals surface area contributed by atoms with Crippen molar-refractivity contribution >= 4 is 17.1 Å². The Labute approximate surface area is 281 Å². The van der Waals surface area contributed by atoms with Crippen LogP contribution in [0.3, 0.4) is 0 Å². The summed E-state index contributed by atoms with van der Waals surface area (Å²) in [7, 11) is 0. The molecule has 228 valence electrons. The predicted octanol–water partition coefficient (Wildman–Crippen LogP) is 11.9. The van der Waals surface area contributed by atoms with Gasteiger partial charge in [-0.1, -0.05) is 135 Å². The molecule has 0 unspecified atom stereocenters. The number of anilines is 3. The molecule has 3 aliphatic rings. The highest BCUT2D eigenvalue weighted by molar-refractivity contribution is 5.98. The molecule has 0 saturated heterocycles. The smallest absolute Gasteiger partial charge is 0.132 e. The standard InChI is InChI=1S/C46H33NO/c1-45(2)35-19-8-6-17-32(35)33-28-27-31(29-40(33)45)47(30-15-4-3-5-16-30)41-24-14-23-39-44(41)34-18-7-9-20-36(34)46(39)37-21-10-12-25-42(37)48-43-26-13-11-22-38(43)46/h3-29H,1-2H3. The largest absolute Gasteiger partial charge is 0.457 e. The van der Waals surface area contributed by atoms with Crippen molar-refractivity contribution < 1.29 is 4.74 Å². The molecule has 1 spiro atoms. The van der Waals surface area contributed by atoms with Gasteiger partial charge in [0.15, 0.2) is 0 Å². The van der Waals surface area contributed by atoms with E-state index in [9.17, 15) is 0 Å². The van der Waals surface area contributed by atoms with E-state index in [0.717, 1.165) is 28.6 Å². The van der Waals surface area contributed by atoms with E-state index < -0.39 is 5.41 Å². The van der Waals surface area contributed by atoms with Crippen molar-refractivity contribution in [2.24, 2.45) is 0 Å². The lowest BCUT2D eigenvalue weighted by molar-refractivity contribution is 0.436. The predicted molar refractivity (Wildman–Crippen MR) is 196 cm³/mol. The molecule has 2 heteroatoms. The first-order chi connectivity index (χ1) is 23.6. The number of para-hydroxylation sites is 3. The summed E-state index contributed by atoms with van der Waals surface area (Å²) in [5.74, 6) is 1.81. The van der Waals surface area contributed by atoms with Gasteiger partial charge in [0.05, 0.1) is 11.1 Å². The monoisotopic (exact) mass is 615 g/mol. The highest BCUT2D eigenvalue weighted by atomic mass is 16.5. The molecule has 0 fully saturated rings. The molecule has 2 nitrogen and oxygen atoms in total. The van der Waals surface area contributed by atoms with Crippen LogP contribution >= 0.6 is 0 Å². The maximum absolute atomic E-state index is 6.59. The Kier molecular flexibility index (Phi) is 5.58. The zero-order valence-corrected chi connectivity index (χ0v) is 26.9. The highest BCUT2D eigenvalue weighted by Gasteiger charge is 2.52. The normalized spacial score (nSPS) is 15.0. The molecule has 48 heavy (non-hydrogen) atoms. The van der Waals surface area contributed by atoms with Gasteiger partial charge < -0.3 is 9.64 Å². The van der Waals surface area contributed by atoms with Crippen molar-refractivity contribution in [3.05, 3.63) is 197 Å². The second-order valence-corrected chi connectivity index (χ2v) is 13.7. The van der Waals surface area contributed by atoms with Gasteiger partial charge in [-0.15, -0.1) is 0 Å². The van der Waals surface area contributed by atoms with Crippen LogP contribution in [0.15, 0.2) is 164 Å². The van der Waals surface area contributed by atoms with Gasteiger partial charge in [-0.05, 0) is 81.4 Å². The van der Waals surface area contributed by atoms with E-state index in [1.165, 1.54) is 55.6 Å². The fourth-order valence-electron chi connectivity index (χ4n) is 8.91. The minimum absolute atomic E-state index is 0.102. The second kappa shape index (κ2) is 9.82. The molecular formula is C46H33NO. The molecule has 10 rings (SSSR count). The Bertz CT molecular complexity index is 2370. The van der Waals surface area contributed by atoms with Crippen LogP contribution in [0.1, 0.15) is 47.2 Å². The van der Waals surface area contributed by atoms with Crippen molar-refractivity contribution in [1.29, 1.82) is 0 Å². The molecule has 0 atom stereocenters. The van der Waals surface area contributed by atoms with Crippen LogP contribution in [0.2, 0.25) is 0 Å². The Morgan fingerprint density at radius 3 is 1.71 bits per heavy atom. The topological polar surface area (TPSA) is 12.5 Å². The zero-order valence-electron chi connectivity index (χ0n) is 26.9. The summed E-state index contributed by atoms with van der Waals surface area (Å²) in [6.45, 7) is 4.71. The first-order valence-corrected chi connectivity index (χ1v) is 16.8. The van der Waals surface area contributed by atoms with E-state index in [0.29, 0.717) is 0 Å². The third kappa shape index (κ3) is 3.47. The Balaban J connectivity index is 1.27. The first-order valence-electron chi connectivity index (χ1n) is 16.8. The quantitative estimate of drug-likeness (QED) is 0.196. The van der Waals surface area contributed by atoms with Crippen molar-refractivity contribution in [1.82, 2.24) is 0 Å². The fourth-order valence-corrected chi connectivity index (χ4v) is 8.91. The molecule has 0 bridgehead atoms. The molecule has 0 radical (unpaired) electrons. The third-order valence-electron chi connectivity index (χ3n) is 10.9. The van der Waals surface area contributed by atoms with Crippen LogP contribution in [0.5, 0.6) is 11.5 Å². The van der Waals surface area contributed by atoms with Gasteiger partial charge in [-0.25, -0.2) is 0 Å². The average molecular weight is 616 g/mol. The van der Waals surface area contributed by atoms with Crippen LogP contribution in [-0.2, 0) is 10.8 Å². The molecular weight excluding hydrogens is 583 g/mol. The summed E-state index contributed by atoms with van der Waals surface area (Å²) in [6, 6.07) is 59.8. The van der Waals surface area contributed by atoms with Crippen LogP contribution < -0.4 is 9.64 Å². The van der Waals surface area contributed by atoms with E-state index in [2.05, 4.69) is 183 Å². The summed E-state index contributed by atoms with van der Waals surface area (Å²) < 4.78 is 6.59. The molecule has 1 aliphatic heterocycles. The summed E-state index contributed by atoms with van der Waals surface area (Å²) in [5, 5.41) is 0. The molecule has 7 aromatic rings. The molecule has 0 amide bonds. The summed E-state index contributed by atoms with van der Waals surface area (Å²) in [6.07, 6.45) is 0. The maximum atomic E-state index is 6.59. The third-order valence-corrected chi connectivity index (χ3v) is 10.9. The average Bonchev–Trinajstić information content (AvgIpc) is 3.56. The van der Waals surface area contributed by atoms with Crippen molar-refractivity contribution in [2.45, 2.75) is 24.7 Å². The van der Waals surface area contributed by atoms with Gasteiger partial charge in [0.1, 0.15) is 11.5 Å². The van der Waals surface area contributed by atoms with E-state index in [1.54, 1.807) is 0 Å². The number of fused-ring (bicyclic) bond motifs is 12. The molecule has 7 aromatic carbocycles. The van der Waals surface area contributed by atoms with Crippen LogP contribution in [-0.4, -0.2) is 0 Å². The van der Waals surface area contributed by atoms with E-state index in [1.807, 2.05) is 0 Å². The number of hydrogen-bond donors (Lipinski definition) is 0. The number of nitrogens with zero attached hydrogens (tertiary/aromatic N) is 1. The number of benzene rings is 7. The van der Waals surface area contributed by atoms with Gasteiger partial charge in [0.25, 0.3) is 0 Å². The van der Waals surface area contributed by atoms with Gasteiger partial charge >= 0.3 is 0 Å². The highest BCUT2D eigenvalue weighted by Crippen LogP contribution is 2.64. The lowest BCUT2D eigenvalue weighted by Crippen LogP contribution is -2.32. The van der Waals surface area contributed by atoms with Crippen LogP contribution in [0.4, 0.5) is 17.1 Å². The van der Waals surface area contributed by atoms with E-state index >= 15 is 0 Å². The van der Waals surface area contributed by atoms with Gasteiger partial charge in [0, 0.05) is 33.5 Å². The maximum Gasteiger partial charge on any atom is 0.132 e. The van der Waals surface area contributed by atoms with Crippen molar-refractivity contribution in [2.75, 3.05) is 4.90 Å². The van der Waals surface area contributed by atoms with Crippen LogP contribution in [0.25, 0.3) is 22.3 Å². The Morgan fingerprint density at radius 1 is 0.417 bits per heavy atom. The second-order valence-electron chi connectivity index (χ2n) is 13.7. The molecule has 0 N–H and O–H groups in total. The Morgan fingerprint density at radius 2 is 0.979 bits per heavy atom. The van der Waals surface area contributed by atoms with Crippen LogP contribution in [0, 0.1) is 0 Å². The van der Waals surface area contributed by atoms with Gasteiger partial charge in [-0.2, -0.15) is 0 Å². The summed E-state index contributed by atoms with van der Waals surface area (Å²) >= 11 is 0. The number of hydrogen-bond acceptors (Lipinski definition) is 2. The Hall–Kier alpha value is -5.86. The lowest BCUT2D eigenvalue weighted by Gasteiger charge is -2.39. The number of ether oxygens (including phenoxy) is 1. The molecule has 1 heterocycles. The zero-order chi connectivity index (χ0) is 32.0. The minimum atomic E-state index is -0.517. The lowest BCUT2D eigenvalue weighted by atomic mass is 9.66. The molecule has 0 saturated carbocycles. The van der Waals surface area contributed by atoms with Gasteiger partial charge in [-0.3, -0.25) is 0 Å². The first kappa shape index (κ1) is 27.3. The van der Waals surface area contributed by atoms with E-state index in [-0.39, 0.29) is 5.41 Å². The van der Waals surface area contributed by atoms with Crippen molar-refractivity contribution in [3.63, 3.8) is 0 Å². The SMILES string of the molecule is CC1(C)c2ccccc2-c2ccc(N(c3ccccc3)c3cccc4c3-c3ccccc3C43c4ccccc4Oc4ccccc43)cc21. The fraction of sp³-hybridized carbons (Fsp3) is 0.0870. The minimum Gasteiger partial charge on any atom is -0.457 e.